The van der Waals surface area contributed by atoms with Gasteiger partial charge in [0.05, 0.1) is 20.2 Å². The topological polar surface area (TPSA) is 73.4 Å². The first kappa shape index (κ1) is 25.9. The third kappa shape index (κ3) is 5.18. The molecule has 2 heterocycles. The Morgan fingerprint density at radius 2 is 1.92 bits per heavy atom. The van der Waals surface area contributed by atoms with Gasteiger partial charge in [-0.1, -0.05) is 47.5 Å². The van der Waals surface area contributed by atoms with Crippen LogP contribution >= 0.6 is 23.2 Å². The van der Waals surface area contributed by atoms with E-state index in [1.807, 2.05) is 0 Å². The van der Waals surface area contributed by atoms with Gasteiger partial charge >= 0.3 is 6.09 Å². The number of rotatable bonds is 6. The molecule has 0 bridgehead atoms. The number of fused-ring (bicyclic) bond motifs is 1. The maximum Gasteiger partial charge on any atom is 0.426 e. The van der Waals surface area contributed by atoms with Gasteiger partial charge in [-0.15, -0.1) is 6.58 Å². The number of ether oxygens (including phenoxy) is 1. The Balaban J connectivity index is 1.74. The first-order chi connectivity index (χ1) is 17.2. The van der Waals surface area contributed by atoms with Gasteiger partial charge < -0.3 is 14.5 Å². The van der Waals surface area contributed by atoms with Gasteiger partial charge in [-0.05, 0) is 35.4 Å². The minimum Gasteiger partial charge on any atom is -0.452 e. The van der Waals surface area contributed by atoms with Crippen molar-refractivity contribution >= 4 is 41.1 Å². The van der Waals surface area contributed by atoms with Crippen LogP contribution in [0.25, 0.3) is 0 Å². The molecule has 11 heteroatoms. The Morgan fingerprint density at radius 1 is 1.19 bits per heavy atom. The van der Waals surface area contributed by atoms with Gasteiger partial charge in [-0.3, -0.25) is 9.59 Å². The highest BCUT2D eigenvalue weighted by Crippen LogP contribution is 2.31. The van der Waals surface area contributed by atoms with Crippen LogP contribution in [0.1, 0.15) is 11.1 Å². The summed E-state index contributed by atoms with van der Waals surface area (Å²) in [5.41, 5.74) is 1.34. The molecular weight excluding hydrogens is 510 g/mol. The highest BCUT2D eigenvalue weighted by molar-refractivity contribution is 6.35. The summed E-state index contributed by atoms with van der Waals surface area (Å²) in [5.74, 6) is -1.03. The number of piperazine rings is 1. The van der Waals surface area contributed by atoms with Crippen molar-refractivity contribution in [3.05, 3.63) is 82.1 Å². The quantitative estimate of drug-likeness (QED) is 0.528. The van der Waals surface area contributed by atoms with Gasteiger partial charge in [0.1, 0.15) is 18.0 Å². The molecule has 190 valence electrons. The van der Waals surface area contributed by atoms with Crippen LogP contribution in [0.15, 0.2) is 55.1 Å². The zero-order valence-electron chi connectivity index (χ0n) is 19.6. The number of carbonyl (C=O) groups excluding carboxylic acids is 3. The molecule has 2 aliphatic rings. The smallest absolute Gasteiger partial charge is 0.426 e. The Bertz CT molecular complexity index is 1180. The van der Waals surface area contributed by atoms with E-state index in [9.17, 15) is 18.8 Å². The number of hydrogen-bond acceptors (Lipinski definition) is 5. The molecule has 2 aromatic carbocycles. The van der Waals surface area contributed by atoms with Gasteiger partial charge in [0.2, 0.25) is 11.8 Å². The van der Waals surface area contributed by atoms with Gasteiger partial charge in [0.25, 0.3) is 0 Å². The Labute approximate surface area is 218 Å². The minimum atomic E-state index is -0.925. The summed E-state index contributed by atoms with van der Waals surface area (Å²) in [4.78, 5) is 42.9. The molecule has 0 aliphatic carbocycles. The van der Waals surface area contributed by atoms with Crippen LogP contribution < -0.4 is 0 Å². The fourth-order valence-corrected chi connectivity index (χ4v) is 5.08. The standard InChI is InChI=1S/C25H25Cl2FN4O4/c1-3-10-30-15-23(33)31-21(11-16-4-8-19(28)9-5-16)24(34)29(14-22(31)32(30)25(35)36-2)13-17-6-7-18(26)12-20(17)27/h3-9,12,21-22H,1,10-11,13-15H2,2H3/t21-,22?/m0/s1. The Hall–Kier alpha value is -3.14. The predicted octanol–water partition coefficient (Wildman–Crippen LogP) is 3.73. The summed E-state index contributed by atoms with van der Waals surface area (Å²) in [7, 11) is 1.25. The zero-order valence-corrected chi connectivity index (χ0v) is 21.1. The molecule has 2 saturated heterocycles. The second kappa shape index (κ2) is 10.9. The van der Waals surface area contributed by atoms with Crippen molar-refractivity contribution in [2.75, 3.05) is 26.7 Å². The molecule has 1 unspecified atom stereocenters. The number of methoxy groups -OCH3 is 1. The van der Waals surface area contributed by atoms with Crippen LogP contribution in [0.2, 0.25) is 10.0 Å². The van der Waals surface area contributed by atoms with Gasteiger partial charge in [0.15, 0.2) is 0 Å². The average Bonchev–Trinajstić information content (AvgIpc) is 2.84. The zero-order chi connectivity index (χ0) is 26.0. The fraction of sp³-hybridized carbons (Fsp3) is 0.320. The summed E-state index contributed by atoms with van der Waals surface area (Å²) in [6, 6.07) is 9.82. The lowest BCUT2D eigenvalue weighted by Gasteiger charge is -2.54. The maximum absolute atomic E-state index is 13.8. The van der Waals surface area contributed by atoms with Crippen molar-refractivity contribution in [3.63, 3.8) is 0 Å². The molecule has 36 heavy (non-hydrogen) atoms. The number of halogens is 3. The molecule has 2 atom stereocenters. The van der Waals surface area contributed by atoms with Crippen molar-refractivity contribution in [2.45, 2.75) is 25.2 Å². The first-order valence-electron chi connectivity index (χ1n) is 11.2. The van der Waals surface area contributed by atoms with Crippen LogP contribution in [0.3, 0.4) is 0 Å². The third-order valence-electron chi connectivity index (χ3n) is 6.25. The normalized spacial score (nSPS) is 20.4. The van der Waals surface area contributed by atoms with E-state index in [4.69, 9.17) is 27.9 Å². The van der Waals surface area contributed by atoms with Crippen LogP contribution in [0.4, 0.5) is 9.18 Å². The number of hydrogen-bond donors (Lipinski definition) is 0. The van der Waals surface area contributed by atoms with E-state index in [1.165, 1.54) is 29.2 Å². The van der Waals surface area contributed by atoms with E-state index in [2.05, 4.69) is 6.58 Å². The van der Waals surface area contributed by atoms with Crippen molar-refractivity contribution in [3.8, 4) is 0 Å². The molecule has 0 saturated carbocycles. The molecule has 3 amide bonds. The summed E-state index contributed by atoms with van der Waals surface area (Å²) in [5, 5.41) is 3.75. The van der Waals surface area contributed by atoms with Crippen molar-refractivity contribution in [2.24, 2.45) is 0 Å². The molecule has 0 aromatic heterocycles. The molecule has 2 aliphatic heterocycles. The second-order valence-electron chi connectivity index (χ2n) is 8.53. The molecule has 8 nitrogen and oxygen atoms in total. The molecule has 0 N–H and O–H groups in total. The van der Waals surface area contributed by atoms with E-state index >= 15 is 0 Å². The third-order valence-corrected chi connectivity index (χ3v) is 6.84. The lowest BCUT2D eigenvalue weighted by Crippen LogP contribution is -2.75. The van der Waals surface area contributed by atoms with E-state index in [1.54, 1.807) is 46.3 Å². The van der Waals surface area contributed by atoms with Crippen LogP contribution in [-0.4, -0.2) is 76.7 Å². The number of nitrogens with zero attached hydrogens (tertiary/aromatic N) is 4. The van der Waals surface area contributed by atoms with Crippen molar-refractivity contribution in [1.29, 1.82) is 0 Å². The lowest BCUT2D eigenvalue weighted by atomic mass is 9.98. The maximum atomic E-state index is 13.8. The number of hydrazine groups is 1. The summed E-state index contributed by atoms with van der Waals surface area (Å²) in [6.45, 7) is 3.99. The highest BCUT2D eigenvalue weighted by atomic mass is 35.5. The second-order valence-corrected chi connectivity index (χ2v) is 9.38. The van der Waals surface area contributed by atoms with E-state index in [0.717, 1.165) is 0 Å². The van der Waals surface area contributed by atoms with Crippen LogP contribution in [-0.2, 0) is 27.3 Å². The summed E-state index contributed by atoms with van der Waals surface area (Å²) >= 11 is 12.4. The van der Waals surface area contributed by atoms with Gasteiger partial charge in [-0.25, -0.2) is 19.2 Å². The molecule has 2 fully saturated rings. The molecular formula is C25H25Cl2FN4O4. The Morgan fingerprint density at radius 3 is 2.56 bits per heavy atom. The van der Waals surface area contributed by atoms with Crippen LogP contribution in [0.5, 0.6) is 0 Å². The van der Waals surface area contributed by atoms with E-state index in [0.29, 0.717) is 21.2 Å². The Kier molecular flexibility index (Phi) is 7.82. The van der Waals surface area contributed by atoms with Crippen molar-refractivity contribution < 1.29 is 23.5 Å². The van der Waals surface area contributed by atoms with Gasteiger partial charge in [0, 0.05) is 29.6 Å². The lowest BCUT2D eigenvalue weighted by molar-refractivity contribution is -0.192. The average molecular weight is 535 g/mol. The molecule has 0 radical (unpaired) electrons. The summed E-state index contributed by atoms with van der Waals surface area (Å²) < 4.78 is 18.5. The SMILES string of the molecule is C=CCN1CC(=O)N2C(CN(Cc3ccc(Cl)cc3Cl)C(=O)[C@@H]2Cc2ccc(F)cc2)N1C(=O)OC. The van der Waals surface area contributed by atoms with E-state index in [-0.39, 0.29) is 44.4 Å². The highest BCUT2D eigenvalue weighted by Gasteiger charge is 2.51. The van der Waals surface area contributed by atoms with E-state index < -0.39 is 24.1 Å². The van der Waals surface area contributed by atoms with Crippen molar-refractivity contribution in [1.82, 2.24) is 19.8 Å². The number of benzene rings is 2. The molecule has 4 rings (SSSR count). The molecule has 0 spiro atoms. The first-order valence-corrected chi connectivity index (χ1v) is 12.0. The predicted molar refractivity (Wildman–Crippen MR) is 132 cm³/mol. The van der Waals surface area contributed by atoms with Gasteiger partial charge in [-0.2, -0.15) is 0 Å². The number of carbonyl (C=O) groups is 3. The largest absolute Gasteiger partial charge is 0.452 e. The number of amides is 3. The van der Waals surface area contributed by atoms with Crippen LogP contribution in [0, 0.1) is 5.82 Å². The molecule has 2 aromatic rings. The summed E-state index contributed by atoms with van der Waals surface area (Å²) in [6.07, 6.45) is 0.225. The fourth-order valence-electron chi connectivity index (χ4n) is 4.61. The monoisotopic (exact) mass is 534 g/mol. The minimum absolute atomic E-state index is 0.0339.